The summed E-state index contributed by atoms with van der Waals surface area (Å²) in [6, 6.07) is -1.54. The van der Waals surface area contributed by atoms with Crippen LogP contribution in [0.5, 0.6) is 0 Å². The van der Waals surface area contributed by atoms with Gasteiger partial charge in [0.2, 0.25) is 5.91 Å². The SMILES string of the molecule is CCCCCCCCCCCCCCCCC(=O)NC(COP(=O)(O)OCC(O)COC(=O)CCCCCCCC)C(=O)O. The Morgan fingerprint density at radius 1 is 0.636 bits per heavy atom. The van der Waals surface area contributed by atoms with E-state index in [2.05, 4.69) is 19.2 Å². The summed E-state index contributed by atoms with van der Waals surface area (Å²) in [5, 5.41) is 21.6. The Balaban J connectivity index is 3.99. The van der Waals surface area contributed by atoms with E-state index in [9.17, 15) is 34.1 Å². The topological polar surface area (TPSA) is 169 Å². The van der Waals surface area contributed by atoms with Gasteiger partial charge in [0.25, 0.3) is 0 Å². The van der Waals surface area contributed by atoms with Crippen LogP contribution in [0, 0.1) is 0 Å². The summed E-state index contributed by atoms with van der Waals surface area (Å²) >= 11 is 0. The number of carbonyl (C=O) groups excluding carboxylic acids is 2. The number of aliphatic hydroxyl groups excluding tert-OH is 1. The fourth-order valence-electron chi connectivity index (χ4n) is 4.67. The molecule has 0 radical (unpaired) electrons. The van der Waals surface area contributed by atoms with E-state index in [0.717, 1.165) is 44.9 Å². The van der Waals surface area contributed by atoms with Crippen molar-refractivity contribution in [2.45, 2.75) is 167 Å². The summed E-state index contributed by atoms with van der Waals surface area (Å²) in [6.45, 7) is 2.48. The van der Waals surface area contributed by atoms with E-state index in [1.807, 2.05) is 0 Å². The number of amides is 1. The van der Waals surface area contributed by atoms with E-state index in [1.54, 1.807) is 0 Å². The number of carbonyl (C=O) groups is 3. The van der Waals surface area contributed by atoms with Crippen LogP contribution in [-0.2, 0) is 32.7 Å². The summed E-state index contributed by atoms with van der Waals surface area (Å²) in [6.07, 6.45) is 21.7. The molecule has 4 N–H and O–H groups in total. The molecule has 0 aliphatic heterocycles. The molecule has 1 amide bonds. The van der Waals surface area contributed by atoms with Gasteiger partial charge in [-0.2, -0.15) is 0 Å². The van der Waals surface area contributed by atoms with Crippen LogP contribution < -0.4 is 5.32 Å². The number of esters is 1. The van der Waals surface area contributed by atoms with Crippen LogP contribution in [0.25, 0.3) is 0 Å². The minimum atomic E-state index is -4.73. The van der Waals surface area contributed by atoms with E-state index in [0.29, 0.717) is 12.8 Å². The first kappa shape index (κ1) is 42.5. The van der Waals surface area contributed by atoms with Crippen molar-refractivity contribution in [2.75, 3.05) is 19.8 Å². The zero-order valence-electron chi connectivity index (χ0n) is 27.5. The number of hydrogen-bond donors (Lipinski definition) is 4. The molecule has 0 heterocycles. The Bertz CT molecular complexity index is 782. The average Bonchev–Trinajstić information content (AvgIpc) is 2.99. The first-order chi connectivity index (χ1) is 21.1. The minimum Gasteiger partial charge on any atom is -0.480 e. The Kier molecular flexibility index (Phi) is 27.9. The molecule has 0 saturated carbocycles. The lowest BCUT2D eigenvalue weighted by atomic mass is 10.0. The largest absolute Gasteiger partial charge is 0.480 e. The number of aliphatic hydroxyl groups is 1. The molecule has 0 aromatic heterocycles. The molecule has 0 spiro atoms. The monoisotopic (exact) mass is 651 g/mol. The van der Waals surface area contributed by atoms with Crippen LogP contribution in [-0.4, -0.2) is 64.9 Å². The Morgan fingerprint density at radius 3 is 1.50 bits per heavy atom. The standard InChI is InChI=1S/C32H62NO10P/c1-3-5-7-9-11-12-13-14-15-16-17-18-19-21-23-30(35)33-29(32(37)38)27-43-44(39,40)42-26-28(34)25-41-31(36)24-22-20-10-8-6-4-2/h28-29,34H,3-27H2,1-2H3,(H,33,35)(H,37,38)(H,39,40). The van der Waals surface area contributed by atoms with Crippen molar-refractivity contribution in [1.29, 1.82) is 0 Å². The van der Waals surface area contributed by atoms with Gasteiger partial charge in [-0.3, -0.25) is 18.6 Å². The van der Waals surface area contributed by atoms with Gasteiger partial charge >= 0.3 is 19.8 Å². The summed E-state index contributed by atoms with van der Waals surface area (Å²) in [7, 11) is -4.73. The van der Waals surface area contributed by atoms with Crippen molar-refractivity contribution in [1.82, 2.24) is 5.32 Å². The Morgan fingerprint density at radius 2 is 1.05 bits per heavy atom. The number of carboxylic acid groups (broad SMARTS) is 1. The Labute approximate surface area is 265 Å². The second-order valence-electron chi connectivity index (χ2n) is 11.7. The van der Waals surface area contributed by atoms with Crippen LogP contribution in [0.3, 0.4) is 0 Å². The van der Waals surface area contributed by atoms with Gasteiger partial charge in [-0.1, -0.05) is 129 Å². The summed E-state index contributed by atoms with van der Waals surface area (Å²) in [5.74, 6) is -2.37. The molecular weight excluding hydrogens is 589 g/mol. The maximum atomic E-state index is 12.2. The fraction of sp³-hybridized carbons (Fsp3) is 0.906. The van der Waals surface area contributed by atoms with Crippen LogP contribution in [0.2, 0.25) is 0 Å². The number of hydrogen-bond acceptors (Lipinski definition) is 8. The normalized spacial score (nSPS) is 14.1. The predicted octanol–water partition coefficient (Wildman–Crippen LogP) is 7.22. The highest BCUT2D eigenvalue weighted by Crippen LogP contribution is 2.43. The van der Waals surface area contributed by atoms with E-state index in [1.165, 1.54) is 70.6 Å². The van der Waals surface area contributed by atoms with E-state index >= 15 is 0 Å². The quantitative estimate of drug-likeness (QED) is 0.0331. The third-order valence-electron chi connectivity index (χ3n) is 7.40. The maximum Gasteiger partial charge on any atom is 0.472 e. The number of phosphoric ester groups is 1. The van der Waals surface area contributed by atoms with Gasteiger partial charge in [-0.15, -0.1) is 0 Å². The van der Waals surface area contributed by atoms with Gasteiger partial charge in [0.05, 0.1) is 13.2 Å². The highest BCUT2D eigenvalue weighted by molar-refractivity contribution is 7.47. The molecule has 0 rings (SSSR count). The summed E-state index contributed by atoms with van der Waals surface area (Å²) < 4.78 is 26.5. The molecule has 3 unspecified atom stereocenters. The van der Waals surface area contributed by atoms with Gasteiger partial charge in [0.15, 0.2) is 6.04 Å². The smallest absolute Gasteiger partial charge is 0.472 e. The molecular formula is C32H62NO10P. The highest BCUT2D eigenvalue weighted by atomic mass is 31.2. The van der Waals surface area contributed by atoms with Crippen molar-refractivity contribution < 1.29 is 47.8 Å². The minimum absolute atomic E-state index is 0.152. The van der Waals surface area contributed by atoms with Crippen LogP contribution in [0.4, 0.5) is 0 Å². The molecule has 0 aliphatic carbocycles. The van der Waals surface area contributed by atoms with Crippen molar-refractivity contribution >= 4 is 25.7 Å². The third-order valence-corrected chi connectivity index (χ3v) is 8.35. The van der Waals surface area contributed by atoms with Crippen molar-refractivity contribution in [3.05, 3.63) is 0 Å². The van der Waals surface area contributed by atoms with Gasteiger partial charge in [0.1, 0.15) is 12.7 Å². The number of nitrogens with one attached hydrogen (secondary N) is 1. The molecule has 11 nitrogen and oxygen atoms in total. The molecule has 44 heavy (non-hydrogen) atoms. The lowest BCUT2D eigenvalue weighted by molar-refractivity contribution is -0.147. The van der Waals surface area contributed by atoms with Crippen LogP contribution in [0.15, 0.2) is 0 Å². The average molecular weight is 652 g/mol. The van der Waals surface area contributed by atoms with Gasteiger partial charge < -0.3 is 25.2 Å². The summed E-state index contributed by atoms with van der Waals surface area (Å²) in [5.41, 5.74) is 0. The zero-order valence-corrected chi connectivity index (χ0v) is 28.4. The first-order valence-electron chi connectivity index (χ1n) is 17.1. The zero-order chi connectivity index (χ0) is 32.9. The lowest BCUT2D eigenvalue weighted by Gasteiger charge is -2.18. The Hall–Kier alpha value is -1.52. The number of ether oxygens (including phenoxy) is 1. The number of unbranched alkanes of at least 4 members (excludes halogenated alkanes) is 18. The highest BCUT2D eigenvalue weighted by Gasteiger charge is 2.28. The summed E-state index contributed by atoms with van der Waals surface area (Å²) in [4.78, 5) is 45.3. The molecule has 12 heteroatoms. The number of phosphoric acid groups is 1. The second kappa shape index (κ2) is 28.9. The molecule has 0 fully saturated rings. The van der Waals surface area contributed by atoms with Crippen LogP contribution in [0.1, 0.15) is 155 Å². The van der Waals surface area contributed by atoms with E-state index in [-0.39, 0.29) is 12.8 Å². The molecule has 0 bridgehead atoms. The molecule has 0 aromatic rings. The van der Waals surface area contributed by atoms with Crippen molar-refractivity contribution in [3.63, 3.8) is 0 Å². The van der Waals surface area contributed by atoms with Crippen molar-refractivity contribution in [2.24, 2.45) is 0 Å². The van der Waals surface area contributed by atoms with Gasteiger partial charge in [0, 0.05) is 12.8 Å². The van der Waals surface area contributed by atoms with Gasteiger partial charge in [-0.25, -0.2) is 9.36 Å². The molecule has 0 saturated heterocycles. The third kappa shape index (κ3) is 28.0. The van der Waals surface area contributed by atoms with E-state index in [4.69, 9.17) is 13.8 Å². The van der Waals surface area contributed by atoms with Gasteiger partial charge in [-0.05, 0) is 12.8 Å². The predicted molar refractivity (Wildman–Crippen MR) is 171 cm³/mol. The van der Waals surface area contributed by atoms with Crippen LogP contribution >= 0.6 is 7.82 Å². The van der Waals surface area contributed by atoms with E-state index < -0.39 is 57.6 Å². The number of carboxylic acids is 1. The lowest BCUT2D eigenvalue weighted by Crippen LogP contribution is -2.43. The molecule has 3 atom stereocenters. The number of aliphatic carboxylic acids is 1. The van der Waals surface area contributed by atoms with Crippen molar-refractivity contribution in [3.8, 4) is 0 Å². The fourth-order valence-corrected chi connectivity index (χ4v) is 5.44. The molecule has 260 valence electrons. The first-order valence-corrected chi connectivity index (χ1v) is 18.6. The molecule has 0 aliphatic rings. The molecule has 0 aromatic carbocycles. The number of rotatable bonds is 32. The maximum absolute atomic E-state index is 12.2. The second-order valence-corrected chi connectivity index (χ2v) is 13.2.